The average molecular weight is 428 g/mol. The third-order valence-corrected chi connectivity index (χ3v) is 5.36. The van der Waals surface area contributed by atoms with Crippen molar-refractivity contribution in [1.82, 2.24) is 4.57 Å². The van der Waals surface area contributed by atoms with Crippen LogP contribution in [-0.4, -0.2) is 28.9 Å². The van der Waals surface area contributed by atoms with Crippen LogP contribution in [0, 0.1) is 0 Å². The van der Waals surface area contributed by atoms with Crippen molar-refractivity contribution in [2.24, 2.45) is 0 Å². The standard InChI is InChI=1S/C20H17ClF3NO4/c1-19(2,20(22,23)24)10-4-5-11-14(8-10)25(9-15(26)27)16-12(17(11)28)6-7-13(21)18(16)29-3/h4-8H,9H2,1-3H3,(H,26,27). The zero-order valence-corrected chi connectivity index (χ0v) is 16.5. The quantitative estimate of drug-likeness (QED) is 0.610. The highest BCUT2D eigenvalue weighted by Crippen LogP contribution is 2.41. The molecule has 0 atom stereocenters. The Morgan fingerprint density at radius 1 is 1.17 bits per heavy atom. The number of halogens is 4. The van der Waals surface area contributed by atoms with Crippen molar-refractivity contribution in [2.75, 3.05) is 7.11 Å². The number of hydrogen-bond donors (Lipinski definition) is 1. The first-order valence-electron chi connectivity index (χ1n) is 8.52. The number of rotatable bonds is 4. The summed E-state index contributed by atoms with van der Waals surface area (Å²) in [4.78, 5) is 24.5. The molecule has 9 heteroatoms. The summed E-state index contributed by atoms with van der Waals surface area (Å²) < 4.78 is 47.1. The fraction of sp³-hybridized carbons (Fsp3) is 0.300. The zero-order valence-electron chi connectivity index (χ0n) is 15.7. The van der Waals surface area contributed by atoms with E-state index in [4.69, 9.17) is 16.3 Å². The van der Waals surface area contributed by atoms with Crippen molar-refractivity contribution in [1.29, 1.82) is 0 Å². The Labute approximate surface area is 168 Å². The van der Waals surface area contributed by atoms with Crippen LogP contribution >= 0.6 is 11.6 Å². The molecule has 0 saturated carbocycles. The van der Waals surface area contributed by atoms with Gasteiger partial charge in [0.2, 0.25) is 0 Å². The Morgan fingerprint density at radius 2 is 1.79 bits per heavy atom. The van der Waals surface area contributed by atoms with Crippen molar-refractivity contribution in [2.45, 2.75) is 32.0 Å². The predicted molar refractivity (Wildman–Crippen MR) is 104 cm³/mol. The monoisotopic (exact) mass is 427 g/mol. The number of carboxylic acids is 1. The van der Waals surface area contributed by atoms with Gasteiger partial charge in [-0.2, -0.15) is 13.2 Å². The Hall–Kier alpha value is -2.74. The van der Waals surface area contributed by atoms with E-state index in [1.54, 1.807) is 0 Å². The van der Waals surface area contributed by atoms with Crippen molar-refractivity contribution in [3.8, 4) is 5.75 Å². The van der Waals surface area contributed by atoms with Gasteiger partial charge in [0.1, 0.15) is 6.54 Å². The first-order chi connectivity index (χ1) is 13.4. The zero-order chi connectivity index (χ0) is 21.7. The van der Waals surface area contributed by atoms with Gasteiger partial charge in [-0.05, 0) is 43.7 Å². The van der Waals surface area contributed by atoms with E-state index in [2.05, 4.69) is 0 Å². The molecule has 0 aliphatic carbocycles. The number of aromatic nitrogens is 1. The number of fused-ring (bicyclic) bond motifs is 2. The molecular weight excluding hydrogens is 411 g/mol. The molecule has 0 aliphatic rings. The third-order valence-electron chi connectivity index (χ3n) is 5.06. The minimum atomic E-state index is -4.55. The molecule has 1 N–H and O–H groups in total. The first-order valence-corrected chi connectivity index (χ1v) is 8.89. The Balaban J connectivity index is 2.54. The third kappa shape index (κ3) is 3.31. The van der Waals surface area contributed by atoms with Gasteiger partial charge in [-0.3, -0.25) is 9.59 Å². The summed E-state index contributed by atoms with van der Waals surface area (Å²) in [5, 5.41) is 9.79. The SMILES string of the molecule is COc1c(Cl)ccc2c(=O)c3ccc(C(C)(C)C(F)(F)F)cc3n(CC(=O)O)c12. The smallest absolute Gasteiger partial charge is 0.397 e. The van der Waals surface area contributed by atoms with Gasteiger partial charge >= 0.3 is 12.1 Å². The molecule has 3 aromatic rings. The van der Waals surface area contributed by atoms with Gasteiger partial charge in [-0.15, -0.1) is 0 Å². The lowest BCUT2D eigenvalue weighted by atomic mass is 9.83. The summed E-state index contributed by atoms with van der Waals surface area (Å²) in [7, 11) is 1.31. The van der Waals surface area contributed by atoms with Crippen LogP contribution in [0.25, 0.3) is 21.8 Å². The van der Waals surface area contributed by atoms with E-state index in [-0.39, 0.29) is 38.1 Å². The molecule has 0 fully saturated rings. The molecule has 3 rings (SSSR count). The van der Waals surface area contributed by atoms with Crippen LogP contribution in [0.1, 0.15) is 19.4 Å². The molecule has 154 valence electrons. The molecule has 0 spiro atoms. The molecule has 0 unspecified atom stereocenters. The molecule has 0 aliphatic heterocycles. The molecule has 1 aromatic heterocycles. The average Bonchev–Trinajstić information content (AvgIpc) is 2.63. The second-order valence-corrected chi connectivity index (χ2v) is 7.55. The van der Waals surface area contributed by atoms with Crippen LogP contribution in [0.4, 0.5) is 13.2 Å². The highest BCUT2D eigenvalue weighted by atomic mass is 35.5. The number of carboxylic acid groups (broad SMARTS) is 1. The van der Waals surface area contributed by atoms with E-state index in [1.165, 1.54) is 42.0 Å². The fourth-order valence-corrected chi connectivity index (χ4v) is 3.49. The van der Waals surface area contributed by atoms with Crippen molar-refractivity contribution in [3.05, 3.63) is 51.1 Å². The molecular formula is C20H17ClF3NO4. The second-order valence-electron chi connectivity index (χ2n) is 7.14. The van der Waals surface area contributed by atoms with E-state index in [0.717, 1.165) is 13.8 Å². The lowest BCUT2D eigenvalue weighted by Crippen LogP contribution is -2.36. The fourth-order valence-electron chi connectivity index (χ4n) is 3.26. The molecule has 0 radical (unpaired) electrons. The topological polar surface area (TPSA) is 68.5 Å². The summed E-state index contributed by atoms with van der Waals surface area (Å²) in [6.07, 6.45) is -4.55. The molecule has 0 amide bonds. The van der Waals surface area contributed by atoms with E-state index >= 15 is 0 Å². The lowest BCUT2D eigenvalue weighted by molar-refractivity contribution is -0.180. The number of benzene rings is 2. The molecule has 0 bridgehead atoms. The predicted octanol–water partition coefficient (Wildman–Crippen LogP) is 4.74. The number of pyridine rings is 1. The number of ether oxygens (including phenoxy) is 1. The molecule has 5 nitrogen and oxygen atoms in total. The first kappa shape index (κ1) is 21.0. The molecule has 2 aromatic carbocycles. The van der Waals surface area contributed by atoms with Crippen molar-refractivity contribution in [3.63, 3.8) is 0 Å². The summed E-state index contributed by atoms with van der Waals surface area (Å²) in [6, 6.07) is 6.61. The Morgan fingerprint density at radius 3 is 2.34 bits per heavy atom. The maximum absolute atomic E-state index is 13.5. The minimum Gasteiger partial charge on any atom is -0.493 e. The molecule has 1 heterocycles. The number of hydrogen-bond acceptors (Lipinski definition) is 3. The van der Waals surface area contributed by atoms with E-state index in [1.807, 2.05) is 0 Å². The molecule has 0 saturated heterocycles. The van der Waals surface area contributed by atoms with Crippen molar-refractivity contribution >= 4 is 39.4 Å². The van der Waals surface area contributed by atoms with E-state index < -0.39 is 29.5 Å². The van der Waals surface area contributed by atoms with Gasteiger partial charge in [-0.1, -0.05) is 17.7 Å². The number of carbonyl (C=O) groups is 1. The van der Waals surface area contributed by atoms with E-state index in [0.29, 0.717) is 0 Å². The van der Waals surface area contributed by atoms with Gasteiger partial charge in [0.15, 0.2) is 11.2 Å². The van der Waals surface area contributed by atoms with Gasteiger partial charge in [-0.25, -0.2) is 0 Å². The highest BCUT2D eigenvalue weighted by molar-refractivity contribution is 6.33. The maximum Gasteiger partial charge on any atom is 0.397 e. The number of aliphatic carboxylic acids is 1. The van der Waals surface area contributed by atoms with Crippen LogP contribution in [0.2, 0.25) is 5.02 Å². The maximum atomic E-state index is 13.5. The highest BCUT2D eigenvalue weighted by Gasteiger charge is 2.48. The van der Waals surface area contributed by atoms with E-state index in [9.17, 15) is 27.9 Å². The van der Waals surface area contributed by atoms with Crippen LogP contribution in [-0.2, 0) is 16.8 Å². The Kier molecular flexibility index (Phi) is 5.03. The van der Waals surface area contributed by atoms with Crippen LogP contribution in [0.5, 0.6) is 5.75 Å². The lowest BCUT2D eigenvalue weighted by Gasteiger charge is -2.29. The number of alkyl halides is 3. The number of methoxy groups -OCH3 is 1. The van der Waals surface area contributed by atoms with Crippen LogP contribution < -0.4 is 10.2 Å². The summed E-state index contributed by atoms with van der Waals surface area (Å²) >= 11 is 6.14. The molecule has 29 heavy (non-hydrogen) atoms. The van der Waals surface area contributed by atoms with Crippen LogP contribution in [0.15, 0.2) is 35.1 Å². The number of nitrogens with zero attached hydrogens (tertiary/aromatic N) is 1. The second kappa shape index (κ2) is 6.95. The van der Waals surface area contributed by atoms with Gasteiger partial charge in [0.05, 0.1) is 34.0 Å². The van der Waals surface area contributed by atoms with Gasteiger partial charge in [0.25, 0.3) is 0 Å². The summed E-state index contributed by atoms with van der Waals surface area (Å²) in [5.74, 6) is -1.16. The summed E-state index contributed by atoms with van der Waals surface area (Å²) in [6.45, 7) is 1.44. The Bertz CT molecular complexity index is 1200. The van der Waals surface area contributed by atoms with Gasteiger partial charge < -0.3 is 14.4 Å². The van der Waals surface area contributed by atoms with Crippen molar-refractivity contribution < 1.29 is 27.8 Å². The largest absolute Gasteiger partial charge is 0.493 e. The summed E-state index contributed by atoms with van der Waals surface area (Å²) in [5.41, 5.74) is -2.60. The van der Waals surface area contributed by atoms with Crippen LogP contribution in [0.3, 0.4) is 0 Å². The normalized spacial score (nSPS) is 12.5. The van der Waals surface area contributed by atoms with Gasteiger partial charge in [0, 0.05) is 5.39 Å². The minimum absolute atomic E-state index is 0.0558.